The fourth-order valence-corrected chi connectivity index (χ4v) is 3.44. The van der Waals surface area contributed by atoms with Crippen molar-refractivity contribution in [2.24, 2.45) is 0 Å². The molecule has 1 amide bonds. The maximum Gasteiger partial charge on any atom is 0.261 e. The largest absolute Gasteiger partial charge is 0.375 e. The number of nitrogens with one attached hydrogen (secondary N) is 1. The molecule has 0 saturated carbocycles. The minimum absolute atomic E-state index is 0.249. The fraction of sp³-hybridized carbons (Fsp3) is 0.263. The number of benzene rings is 2. The van der Waals surface area contributed by atoms with Crippen LogP contribution in [-0.2, 0) is 10.4 Å². The van der Waals surface area contributed by atoms with Gasteiger partial charge in [-0.3, -0.25) is 9.59 Å². The molecule has 24 heavy (non-hydrogen) atoms. The number of aryl methyl sites for hydroxylation is 3. The Bertz CT molecular complexity index is 875. The molecule has 0 saturated heterocycles. The molecule has 124 valence electrons. The Hall–Kier alpha value is -1.98. The zero-order chi connectivity index (χ0) is 17.6. The molecule has 1 aliphatic rings. The molecule has 5 heteroatoms. The molecule has 1 atom stereocenters. The first kappa shape index (κ1) is 16.9. The monoisotopic (exact) mass is 387 g/mol. The predicted molar refractivity (Wildman–Crippen MR) is 96.3 cm³/mol. The summed E-state index contributed by atoms with van der Waals surface area (Å²) in [5.41, 5.74) is 2.63. The van der Waals surface area contributed by atoms with Crippen molar-refractivity contribution in [3.05, 3.63) is 62.6 Å². The lowest BCUT2D eigenvalue weighted by Gasteiger charge is -2.21. The van der Waals surface area contributed by atoms with Gasteiger partial charge >= 0.3 is 0 Å². The molecular weight excluding hydrogens is 370 g/mol. The van der Waals surface area contributed by atoms with E-state index in [0.29, 0.717) is 16.8 Å². The van der Waals surface area contributed by atoms with Crippen molar-refractivity contribution < 1.29 is 14.7 Å². The normalized spacial score (nSPS) is 19.1. The van der Waals surface area contributed by atoms with Crippen LogP contribution in [0.15, 0.2) is 34.8 Å². The first-order chi connectivity index (χ1) is 11.2. The van der Waals surface area contributed by atoms with Crippen LogP contribution in [0.1, 0.15) is 39.0 Å². The number of hydrogen-bond acceptors (Lipinski definition) is 3. The number of fused-ring (bicyclic) bond motifs is 1. The van der Waals surface area contributed by atoms with Crippen LogP contribution in [0, 0.1) is 20.8 Å². The predicted octanol–water partition coefficient (Wildman–Crippen LogP) is 3.79. The van der Waals surface area contributed by atoms with E-state index >= 15 is 0 Å². The van der Waals surface area contributed by atoms with Gasteiger partial charge in [-0.15, -0.1) is 0 Å². The molecule has 0 fully saturated rings. The van der Waals surface area contributed by atoms with E-state index in [9.17, 15) is 14.7 Å². The Morgan fingerprint density at radius 3 is 2.50 bits per heavy atom. The van der Waals surface area contributed by atoms with Crippen LogP contribution in [0.5, 0.6) is 0 Å². The Morgan fingerprint density at radius 1 is 1.12 bits per heavy atom. The van der Waals surface area contributed by atoms with Gasteiger partial charge in [-0.1, -0.05) is 22.0 Å². The van der Waals surface area contributed by atoms with Gasteiger partial charge in [0.1, 0.15) is 0 Å². The fourth-order valence-electron chi connectivity index (χ4n) is 3.08. The highest BCUT2D eigenvalue weighted by Crippen LogP contribution is 2.40. The van der Waals surface area contributed by atoms with Crippen molar-refractivity contribution in [1.82, 2.24) is 0 Å². The summed E-state index contributed by atoms with van der Waals surface area (Å²) in [6, 6.07) is 8.94. The van der Waals surface area contributed by atoms with Crippen LogP contribution in [0.25, 0.3) is 0 Å². The number of anilines is 1. The topological polar surface area (TPSA) is 66.4 Å². The third-order valence-electron chi connectivity index (χ3n) is 4.61. The summed E-state index contributed by atoms with van der Waals surface area (Å²) in [5.74, 6) is -0.813. The van der Waals surface area contributed by atoms with Crippen LogP contribution in [-0.4, -0.2) is 16.8 Å². The maximum absolute atomic E-state index is 12.8. The molecule has 1 heterocycles. The number of ketones is 1. The third kappa shape index (κ3) is 2.68. The first-order valence-corrected chi connectivity index (χ1v) is 8.46. The van der Waals surface area contributed by atoms with Crippen LogP contribution in [0.3, 0.4) is 0 Å². The minimum Gasteiger partial charge on any atom is -0.375 e. The molecule has 0 bridgehead atoms. The highest BCUT2D eigenvalue weighted by Gasteiger charge is 2.47. The van der Waals surface area contributed by atoms with Crippen molar-refractivity contribution in [3.63, 3.8) is 0 Å². The number of carbonyl (C=O) groups excluding carboxylic acids is 2. The van der Waals surface area contributed by atoms with Crippen molar-refractivity contribution in [1.29, 1.82) is 0 Å². The second-order valence-electron chi connectivity index (χ2n) is 6.36. The van der Waals surface area contributed by atoms with E-state index in [1.807, 2.05) is 32.9 Å². The summed E-state index contributed by atoms with van der Waals surface area (Å²) in [4.78, 5) is 25.1. The molecule has 0 unspecified atom stereocenters. The SMILES string of the molecule is Cc1cc(C)c(C(=O)C[C@@]2(O)C(=O)Nc3ccc(Br)cc32)cc1C. The van der Waals surface area contributed by atoms with Gasteiger partial charge in [0.15, 0.2) is 11.4 Å². The lowest BCUT2D eigenvalue weighted by molar-refractivity contribution is -0.133. The average molecular weight is 388 g/mol. The summed E-state index contributed by atoms with van der Waals surface area (Å²) in [6.45, 7) is 5.79. The Balaban J connectivity index is 1.99. The second-order valence-corrected chi connectivity index (χ2v) is 7.27. The molecule has 0 radical (unpaired) electrons. The van der Waals surface area contributed by atoms with Gasteiger partial charge in [0.05, 0.1) is 6.42 Å². The standard InChI is InChI=1S/C19H18BrNO3/c1-10-6-12(3)14(7-11(10)2)17(22)9-19(24)15-8-13(20)4-5-16(15)21-18(19)23/h4-8,24H,9H2,1-3H3,(H,21,23)/t19-/m0/s1. The van der Waals surface area contributed by atoms with Gasteiger partial charge in [-0.05, 0) is 61.7 Å². The Morgan fingerprint density at radius 2 is 1.79 bits per heavy atom. The summed E-state index contributed by atoms with van der Waals surface area (Å²) in [5, 5.41) is 13.6. The number of carbonyl (C=O) groups is 2. The quantitative estimate of drug-likeness (QED) is 0.787. The number of hydrogen-bond donors (Lipinski definition) is 2. The number of halogens is 1. The summed E-state index contributed by atoms with van der Waals surface area (Å²) in [7, 11) is 0. The van der Waals surface area contributed by atoms with E-state index in [2.05, 4.69) is 21.2 Å². The van der Waals surface area contributed by atoms with E-state index in [1.54, 1.807) is 18.2 Å². The van der Waals surface area contributed by atoms with E-state index < -0.39 is 11.5 Å². The van der Waals surface area contributed by atoms with Gasteiger partial charge in [-0.2, -0.15) is 0 Å². The minimum atomic E-state index is -1.85. The van der Waals surface area contributed by atoms with Crippen LogP contribution < -0.4 is 5.32 Å². The smallest absolute Gasteiger partial charge is 0.261 e. The molecule has 1 aliphatic heterocycles. The molecule has 4 nitrogen and oxygen atoms in total. The highest BCUT2D eigenvalue weighted by molar-refractivity contribution is 9.10. The van der Waals surface area contributed by atoms with Gasteiger partial charge in [-0.25, -0.2) is 0 Å². The lowest BCUT2D eigenvalue weighted by atomic mass is 9.86. The van der Waals surface area contributed by atoms with Crippen molar-refractivity contribution in [2.75, 3.05) is 5.32 Å². The van der Waals surface area contributed by atoms with Crippen molar-refractivity contribution in [2.45, 2.75) is 32.8 Å². The molecule has 2 aromatic carbocycles. The molecule has 0 aromatic heterocycles. The number of amides is 1. The number of rotatable bonds is 3. The lowest BCUT2D eigenvalue weighted by Crippen LogP contribution is -2.36. The third-order valence-corrected chi connectivity index (χ3v) is 5.10. The number of aliphatic hydroxyl groups is 1. The van der Waals surface area contributed by atoms with Gasteiger partial charge in [0, 0.05) is 21.3 Å². The van der Waals surface area contributed by atoms with Crippen LogP contribution in [0.4, 0.5) is 5.69 Å². The molecule has 0 spiro atoms. The Labute approximate surface area is 149 Å². The van der Waals surface area contributed by atoms with Gasteiger partial charge in [0.25, 0.3) is 5.91 Å². The molecular formula is C19H18BrNO3. The van der Waals surface area contributed by atoms with E-state index in [1.165, 1.54) is 0 Å². The highest BCUT2D eigenvalue weighted by atomic mass is 79.9. The van der Waals surface area contributed by atoms with Crippen LogP contribution >= 0.6 is 15.9 Å². The maximum atomic E-state index is 12.8. The first-order valence-electron chi connectivity index (χ1n) is 7.67. The number of Topliss-reactive ketones (excluding diaryl/α,β-unsaturated/α-hetero) is 1. The zero-order valence-corrected chi connectivity index (χ0v) is 15.3. The molecule has 2 aromatic rings. The average Bonchev–Trinajstić information content (AvgIpc) is 2.74. The summed E-state index contributed by atoms with van der Waals surface area (Å²) < 4.78 is 0.742. The molecule has 0 aliphatic carbocycles. The molecule has 2 N–H and O–H groups in total. The Kier molecular flexibility index (Phi) is 4.10. The van der Waals surface area contributed by atoms with Crippen molar-refractivity contribution in [3.8, 4) is 0 Å². The van der Waals surface area contributed by atoms with Gasteiger partial charge in [0.2, 0.25) is 0 Å². The van der Waals surface area contributed by atoms with E-state index in [4.69, 9.17) is 0 Å². The van der Waals surface area contributed by atoms with E-state index in [0.717, 1.165) is 21.2 Å². The van der Waals surface area contributed by atoms with E-state index in [-0.39, 0.29) is 12.2 Å². The van der Waals surface area contributed by atoms with Crippen molar-refractivity contribution >= 4 is 33.3 Å². The summed E-state index contributed by atoms with van der Waals surface area (Å²) >= 11 is 3.34. The summed E-state index contributed by atoms with van der Waals surface area (Å²) in [6.07, 6.45) is -0.286. The van der Waals surface area contributed by atoms with Gasteiger partial charge < -0.3 is 10.4 Å². The van der Waals surface area contributed by atoms with Crippen LogP contribution in [0.2, 0.25) is 0 Å². The second kappa shape index (κ2) is 5.83. The zero-order valence-electron chi connectivity index (χ0n) is 13.7. The molecule has 3 rings (SSSR count).